The van der Waals surface area contributed by atoms with Crippen LogP contribution in [0.15, 0.2) is 36.9 Å². The summed E-state index contributed by atoms with van der Waals surface area (Å²) in [7, 11) is 0. The van der Waals surface area contributed by atoms with Gasteiger partial charge in [-0.2, -0.15) is 0 Å². The van der Waals surface area contributed by atoms with E-state index in [1.807, 2.05) is 0 Å². The van der Waals surface area contributed by atoms with Crippen LogP contribution >= 0.6 is 0 Å². The van der Waals surface area contributed by atoms with Crippen LogP contribution in [0.25, 0.3) is 0 Å². The summed E-state index contributed by atoms with van der Waals surface area (Å²) in [6, 6.07) is 6.06. The Morgan fingerprint density at radius 2 is 2.06 bits per heavy atom. The maximum Gasteiger partial charge on any atom is 0.414 e. The fraction of sp³-hybridized carbons (Fsp3) is 0.250. The van der Waals surface area contributed by atoms with Gasteiger partial charge in [0.25, 0.3) is 0 Å². The summed E-state index contributed by atoms with van der Waals surface area (Å²) >= 11 is 0. The molecule has 1 amide bonds. The zero-order chi connectivity index (χ0) is 12.7. The van der Waals surface area contributed by atoms with Gasteiger partial charge in [-0.1, -0.05) is 12.7 Å². The molecule has 1 rings (SSSR count). The minimum absolute atomic E-state index is 0.108. The summed E-state index contributed by atoms with van der Waals surface area (Å²) in [5.41, 5.74) is 0.547. The number of amides is 1. The smallest absolute Gasteiger partial charge is 0.414 e. The maximum atomic E-state index is 11.7. The first-order valence-corrected chi connectivity index (χ1v) is 5.14. The van der Waals surface area contributed by atoms with Crippen LogP contribution in [0.5, 0.6) is 5.75 Å². The lowest BCUT2D eigenvalue weighted by Crippen LogP contribution is -2.34. The third kappa shape index (κ3) is 3.81. The van der Waals surface area contributed by atoms with Gasteiger partial charge >= 0.3 is 6.09 Å². The molecule has 0 aliphatic heterocycles. The van der Waals surface area contributed by atoms with E-state index in [9.17, 15) is 4.79 Å². The van der Waals surface area contributed by atoms with Crippen LogP contribution in [0, 0.1) is 0 Å². The third-order valence-electron chi connectivity index (χ3n) is 2.03. The van der Waals surface area contributed by atoms with Crippen molar-refractivity contribution in [3.63, 3.8) is 0 Å². The molecule has 17 heavy (non-hydrogen) atoms. The Morgan fingerprint density at radius 1 is 1.41 bits per heavy atom. The van der Waals surface area contributed by atoms with Gasteiger partial charge in [-0.25, -0.2) is 4.79 Å². The SMILES string of the molecule is C=CCOC(=O)N(CCO)c1ccc(O)cc1. The highest BCUT2D eigenvalue weighted by Gasteiger charge is 2.15. The van der Waals surface area contributed by atoms with Gasteiger partial charge in [-0.3, -0.25) is 4.90 Å². The summed E-state index contributed by atoms with van der Waals surface area (Å²) in [6.07, 6.45) is 0.899. The Morgan fingerprint density at radius 3 is 2.59 bits per heavy atom. The van der Waals surface area contributed by atoms with Gasteiger partial charge in [0, 0.05) is 5.69 Å². The first-order valence-electron chi connectivity index (χ1n) is 5.14. The number of phenols is 1. The number of benzene rings is 1. The quantitative estimate of drug-likeness (QED) is 0.762. The van der Waals surface area contributed by atoms with E-state index in [1.54, 1.807) is 12.1 Å². The van der Waals surface area contributed by atoms with Crippen molar-refractivity contribution < 1.29 is 19.7 Å². The zero-order valence-corrected chi connectivity index (χ0v) is 9.37. The Labute approximate surface area is 99.6 Å². The Bertz CT molecular complexity index is 375. The molecule has 0 spiro atoms. The van der Waals surface area contributed by atoms with Crippen molar-refractivity contribution in [1.82, 2.24) is 0 Å². The van der Waals surface area contributed by atoms with Crippen molar-refractivity contribution in [1.29, 1.82) is 0 Å². The molecule has 0 unspecified atom stereocenters. The van der Waals surface area contributed by atoms with Crippen LogP contribution < -0.4 is 4.90 Å². The van der Waals surface area contributed by atoms with Crippen LogP contribution in [0.2, 0.25) is 0 Å². The van der Waals surface area contributed by atoms with Gasteiger partial charge in [0.2, 0.25) is 0 Å². The molecule has 0 aliphatic carbocycles. The maximum absolute atomic E-state index is 11.7. The number of rotatable bonds is 5. The summed E-state index contributed by atoms with van der Waals surface area (Å²) < 4.78 is 4.89. The van der Waals surface area contributed by atoms with Crippen LogP contribution in [0.3, 0.4) is 0 Å². The second-order valence-corrected chi connectivity index (χ2v) is 3.26. The lowest BCUT2D eigenvalue weighted by atomic mass is 10.3. The average Bonchev–Trinajstić information content (AvgIpc) is 2.34. The van der Waals surface area contributed by atoms with Gasteiger partial charge in [-0.05, 0) is 24.3 Å². The molecule has 0 aromatic heterocycles. The number of aromatic hydroxyl groups is 1. The van der Waals surface area contributed by atoms with Crippen LogP contribution in [0.1, 0.15) is 0 Å². The fourth-order valence-electron chi connectivity index (χ4n) is 1.27. The minimum Gasteiger partial charge on any atom is -0.508 e. The number of aliphatic hydroxyl groups excluding tert-OH is 1. The van der Waals surface area contributed by atoms with E-state index in [2.05, 4.69) is 6.58 Å². The summed E-state index contributed by atoms with van der Waals surface area (Å²) in [6.45, 7) is 3.50. The molecule has 1 aromatic rings. The van der Waals surface area contributed by atoms with Crippen molar-refractivity contribution >= 4 is 11.8 Å². The lowest BCUT2D eigenvalue weighted by Gasteiger charge is -2.20. The molecule has 0 saturated heterocycles. The minimum atomic E-state index is -0.565. The monoisotopic (exact) mass is 237 g/mol. The van der Waals surface area contributed by atoms with E-state index in [-0.39, 0.29) is 25.5 Å². The summed E-state index contributed by atoms with van der Waals surface area (Å²) in [5, 5.41) is 18.1. The molecule has 0 atom stereocenters. The van der Waals surface area contributed by atoms with Crippen LogP contribution in [-0.4, -0.2) is 36.1 Å². The van der Waals surface area contributed by atoms with Crippen LogP contribution in [-0.2, 0) is 4.74 Å². The molecule has 0 fully saturated rings. The van der Waals surface area contributed by atoms with Gasteiger partial charge < -0.3 is 14.9 Å². The van der Waals surface area contributed by atoms with Crippen molar-refractivity contribution in [2.75, 3.05) is 24.7 Å². The van der Waals surface area contributed by atoms with E-state index < -0.39 is 6.09 Å². The van der Waals surface area contributed by atoms with Crippen molar-refractivity contribution in [2.24, 2.45) is 0 Å². The lowest BCUT2D eigenvalue weighted by molar-refractivity contribution is 0.163. The number of anilines is 1. The molecule has 1 aromatic carbocycles. The summed E-state index contributed by atoms with van der Waals surface area (Å²) in [5.74, 6) is 0.108. The highest BCUT2D eigenvalue weighted by Crippen LogP contribution is 2.18. The number of phenolic OH excluding ortho intramolecular Hbond substituents is 1. The van der Waals surface area contributed by atoms with E-state index in [0.717, 1.165) is 0 Å². The highest BCUT2D eigenvalue weighted by atomic mass is 16.6. The first-order chi connectivity index (χ1) is 8.19. The predicted octanol–water partition coefficient (Wildman–Crippen LogP) is 1.51. The number of nitrogens with zero attached hydrogens (tertiary/aromatic N) is 1. The number of hydrogen-bond acceptors (Lipinski definition) is 4. The standard InChI is InChI=1S/C12H15NO4/c1-2-9-17-12(16)13(7-8-14)10-3-5-11(15)6-4-10/h2-6,14-15H,1,7-9H2. The molecule has 92 valence electrons. The average molecular weight is 237 g/mol. The van der Waals surface area contributed by atoms with Gasteiger partial charge in [-0.15, -0.1) is 0 Å². The number of carbonyl (C=O) groups is 1. The number of ether oxygens (including phenoxy) is 1. The molecule has 0 radical (unpaired) electrons. The van der Waals surface area contributed by atoms with Crippen molar-refractivity contribution in [2.45, 2.75) is 0 Å². The van der Waals surface area contributed by atoms with E-state index >= 15 is 0 Å². The van der Waals surface area contributed by atoms with Crippen molar-refractivity contribution in [3.05, 3.63) is 36.9 Å². The molecule has 0 bridgehead atoms. The van der Waals surface area contributed by atoms with Gasteiger partial charge in [0.15, 0.2) is 0 Å². The largest absolute Gasteiger partial charge is 0.508 e. The molecular formula is C12H15NO4. The summed E-state index contributed by atoms with van der Waals surface area (Å²) in [4.78, 5) is 12.9. The first kappa shape index (κ1) is 13.1. The molecule has 5 nitrogen and oxygen atoms in total. The molecule has 5 heteroatoms. The topological polar surface area (TPSA) is 70.0 Å². The second-order valence-electron chi connectivity index (χ2n) is 3.26. The van der Waals surface area contributed by atoms with E-state index in [1.165, 1.54) is 23.1 Å². The van der Waals surface area contributed by atoms with Crippen molar-refractivity contribution in [3.8, 4) is 5.75 Å². The highest BCUT2D eigenvalue weighted by molar-refractivity contribution is 5.87. The Kier molecular flexibility index (Phi) is 5.03. The molecule has 0 saturated carbocycles. The predicted molar refractivity (Wildman–Crippen MR) is 64.1 cm³/mol. The van der Waals surface area contributed by atoms with Crippen LogP contribution in [0.4, 0.5) is 10.5 Å². The third-order valence-corrected chi connectivity index (χ3v) is 2.03. The van der Waals surface area contributed by atoms with Gasteiger partial charge in [0.1, 0.15) is 12.4 Å². The number of carbonyl (C=O) groups excluding carboxylic acids is 1. The molecular weight excluding hydrogens is 222 g/mol. The normalized spacial score (nSPS) is 9.71. The fourth-order valence-corrected chi connectivity index (χ4v) is 1.27. The molecule has 0 aliphatic rings. The van der Waals surface area contributed by atoms with Gasteiger partial charge in [0.05, 0.1) is 13.2 Å². The van der Waals surface area contributed by atoms with E-state index in [4.69, 9.17) is 14.9 Å². The van der Waals surface area contributed by atoms with E-state index in [0.29, 0.717) is 5.69 Å². The zero-order valence-electron chi connectivity index (χ0n) is 9.37. The molecule has 0 heterocycles. The second kappa shape index (κ2) is 6.55. The molecule has 2 N–H and O–H groups in total. The number of aliphatic hydroxyl groups is 1. The number of hydrogen-bond donors (Lipinski definition) is 2. The Hall–Kier alpha value is -2.01. The Balaban J connectivity index is 2.80.